The molecule has 0 spiro atoms. The number of hydrogen-bond acceptors (Lipinski definition) is 6. The first-order chi connectivity index (χ1) is 16.1. The molecule has 2 N–H and O–H groups in total. The number of ether oxygens (including phenoxy) is 1. The second-order valence-electron chi connectivity index (χ2n) is 7.13. The SMILES string of the molecule is CCc1ccc(NC(=O)NC(=O)CSc2nc(Oc3cccc(C)c3)cc(C(F)(F)F)n2)cc1. The van der Waals surface area contributed by atoms with Crippen LogP contribution < -0.4 is 15.4 Å². The van der Waals surface area contributed by atoms with Gasteiger partial charge in [-0.15, -0.1) is 0 Å². The minimum Gasteiger partial charge on any atom is -0.439 e. The van der Waals surface area contributed by atoms with Gasteiger partial charge in [0.25, 0.3) is 0 Å². The summed E-state index contributed by atoms with van der Waals surface area (Å²) in [6.07, 6.45) is -3.89. The number of alkyl halides is 3. The van der Waals surface area contributed by atoms with Crippen molar-refractivity contribution in [2.75, 3.05) is 11.1 Å². The Bertz CT molecular complexity index is 1170. The highest BCUT2D eigenvalue weighted by Gasteiger charge is 2.34. The van der Waals surface area contributed by atoms with Crippen LogP contribution in [0.25, 0.3) is 0 Å². The monoisotopic (exact) mass is 490 g/mol. The van der Waals surface area contributed by atoms with Crippen LogP contribution in [0, 0.1) is 6.92 Å². The predicted molar refractivity (Wildman–Crippen MR) is 122 cm³/mol. The molecule has 0 radical (unpaired) electrons. The van der Waals surface area contributed by atoms with E-state index in [1.165, 1.54) is 0 Å². The molecule has 2 aromatic carbocycles. The Morgan fingerprint density at radius 1 is 1.06 bits per heavy atom. The quantitative estimate of drug-likeness (QED) is 0.331. The minimum absolute atomic E-state index is 0.309. The fourth-order valence-corrected chi connectivity index (χ4v) is 3.39. The number of imide groups is 1. The molecule has 0 atom stereocenters. The predicted octanol–water partition coefficient (Wildman–Crippen LogP) is 5.60. The average Bonchev–Trinajstić information content (AvgIpc) is 2.77. The Morgan fingerprint density at radius 3 is 2.44 bits per heavy atom. The van der Waals surface area contributed by atoms with E-state index < -0.39 is 23.8 Å². The molecule has 7 nitrogen and oxygen atoms in total. The summed E-state index contributed by atoms with van der Waals surface area (Å²) >= 11 is 0.646. The van der Waals surface area contributed by atoms with Gasteiger partial charge in [0.15, 0.2) is 10.9 Å². The molecule has 0 aliphatic heterocycles. The highest BCUT2D eigenvalue weighted by atomic mass is 32.2. The first-order valence-corrected chi connectivity index (χ1v) is 11.1. The maximum absolute atomic E-state index is 13.3. The van der Waals surface area contributed by atoms with Crippen LogP contribution in [-0.4, -0.2) is 27.7 Å². The average molecular weight is 491 g/mol. The van der Waals surface area contributed by atoms with Gasteiger partial charge >= 0.3 is 12.2 Å². The molecule has 0 bridgehead atoms. The number of anilines is 1. The second kappa shape index (κ2) is 11.0. The van der Waals surface area contributed by atoms with Crippen LogP contribution in [0.5, 0.6) is 11.6 Å². The highest BCUT2D eigenvalue weighted by Crippen LogP contribution is 2.32. The molecule has 3 amide bonds. The number of amides is 3. The van der Waals surface area contributed by atoms with E-state index in [1.54, 1.807) is 30.3 Å². The van der Waals surface area contributed by atoms with Crippen molar-refractivity contribution in [1.29, 1.82) is 0 Å². The van der Waals surface area contributed by atoms with Crippen LogP contribution in [0.1, 0.15) is 23.7 Å². The lowest BCUT2D eigenvalue weighted by Gasteiger charge is -2.11. The number of hydrogen-bond donors (Lipinski definition) is 2. The molecule has 34 heavy (non-hydrogen) atoms. The third-order valence-electron chi connectivity index (χ3n) is 4.39. The standard InChI is InChI=1S/C23H21F3N4O3S/c1-3-15-7-9-16(10-8-15)27-21(32)29-19(31)13-34-22-28-18(23(24,25)26)12-20(30-22)33-17-6-4-5-14(2)11-17/h4-12H,3,13H2,1-2H3,(H2,27,29,31,32). The van der Waals surface area contributed by atoms with Crippen molar-refractivity contribution in [1.82, 2.24) is 15.3 Å². The molecule has 0 aliphatic carbocycles. The molecular formula is C23H21F3N4O3S. The lowest BCUT2D eigenvalue weighted by molar-refractivity contribution is -0.141. The lowest BCUT2D eigenvalue weighted by Crippen LogP contribution is -2.35. The lowest BCUT2D eigenvalue weighted by atomic mass is 10.1. The number of urea groups is 1. The largest absolute Gasteiger partial charge is 0.439 e. The van der Waals surface area contributed by atoms with Gasteiger partial charge in [-0.05, 0) is 48.7 Å². The number of aromatic nitrogens is 2. The van der Waals surface area contributed by atoms with Gasteiger partial charge in [-0.25, -0.2) is 9.78 Å². The molecule has 11 heteroatoms. The molecule has 3 rings (SSSR count). The summed E-state index contributed by atoms with van der Waals surface area (Å²) in [5, 5.41) is 4.31. The molecule has 1 heterocycles. The fourth-order valence-electron chi connectivity index (χ4n) is 2.74. The Hall–Kier alpha value is -3.60. The number of aryl methyl sites for hydroxylation is 2. The smallest absolute Gasteiger partial charge is 0.433 e. The molecular weight excluding hydrogens is 469 g/mol. The van der Waals surface area contributed by atoms with Crippen molar-refractivity contribution in [2.24, 2.45) is 0 Å². The molecule has 1 aromatic heterocycles. The summed E-state index contributed by atoms with van der Waals surface area (Å²) in [6, 6.07) is 13.7. The van der Waals surface area contributed by atoms with E-state index in [2.05, 4.69) is 20.6 Å². The van der Waals surface area contributed by atoms with Crippen molar-refractivity contribution in [2.45, 2.75) is 31.6 Å². The molecule has 0 fully saturated rings. The zero-order chi connectivity index (χ0) is 24.7. The number of nitrogens with one attached hydrogen (secondary N) is 2. The Labute approximate surface area is 198 Å². The molecule has 0 saturated heterocycles. The zero-order valence-corrected chi connectivity index (χ0v) is 19.1. The van der Waals surface area contributed by atoms with Gasteiger partial charge in [0.1, 0.15) is 5.75 Å². The van der Waals surface area contributed by atoms with Gasteiger partial charge in [0.2, 0.25) is 11.8 Å². The third-order valence-corrected chi connectivity index (χ3v) is 5.24. The van der Waals surface area contributed by atoms with E-state index in [0.717, 1.165) is 17.5 Å². The molecule has 0 aliphatic rings. The molecule has 3 aromatic rings. The maximum Gasteiger partial charge on any atom is 0.433 e. The van der Waals surface area contributed by atoms with Gasteiger partial charge in [-0.1, -0.05) is 43.0 Å². The van der Waals surface area contributed by atoms with E-state index >= 15 is 0 Å². The first-order valence-electron chi connectivity index (χ1n) is 10.2. The summed E-state index contributed by atoms with van der Waals surface area (Å²) < 4.78 is 45.3. The van der Waals surface area contributed by atoms with Gasteiger partial charge in [0.05, 0.1) is 5.75 Å². The van der Waals surface area contributed by atoms with Crippen LogP contribution >= 0.6 is 11.8 Å². The number of thioether (sulfide) groups is 1. The van der Waals surface area contributed by atoms with Crippen LogP contribution in [0.2, 0.25) is 0 Å². The summed E-state index contributed by atoms with van der Waals surface area (Å²) in [7, 11) is 0. The van der Waals surface area contributed by atoms with Crippen molar-refractivity contribution < 1.29 is 27.5 Å². The second-order valence-corrected chi connectivity index (χ2v) is 8.07. The highest BCUT2D eigenvalue weighted by molar-refractivity contribution is 7.99. The van der Waals surface area contributed by atoms with Gasteiger partial charge in [-0.3, -0.25) is 10.1 Å². The topological polar surface area (TPSA) is 93.2 Å². The Kier molecular flexibility index (Phi) is 8.11. The number of nitrogens with zero attached hydrogens (tertiary/aromatic N) is 2. The molecule has 0 saturated carbocycles. The van der Waals surface area contributed by atoms with Gasteiger partial charge < -0.3 is 10.1 Å². The van der Waals surface area contributed by atoms with Crippen LogP contribution in [0.3, 0.4) is 0 Å². The normalized spacial score (nSPS) is 11.1. The van der Waals surface area contributed by atoms with Crippen molar-refractivity contribution in [3.8, 4) is 11.6 Å². The fraction of sp³-hybridized carbons (Fsp3) is 0.217. The van der Waals surface area contributed by atoms with E-state index in [-0.39, 0.29) is 16.8 Å². The van der Waals surface area contributed by atoms with Gasteiger partial charge in [-0.2, -0.15) is 18.2 Å². The van der Waals surface area contributed by atoms with Crippen molar-refractivity contribution in [3.05, 3.63) is 71.4 Å². The Morgan fingerprint density at radius 2 is 1.79 bits per heavy atom. The summed E-state index contributed by atoms with van der Waals surface area (Å²) in [5.41, 5.74) is 1.23. The van der Waals surface area contributed by atoms with E-state index in [1.807, 2.05) is 32.0 Å². The van der Waals surface area contributed by atoms with E-state index in [4.69, 9.17) is 4.74 Å². The third kappa shape index (κ3) is 7.48. The number of benzene rings is 2. The molecule has 0 unspecified atom stereocenters. The summed E-state index contributed by atoms with van der Waals surface area (Å²) in [4.78, 5) is 31.5. The minimum atomic E-state index is -4.74. The summed E-state index contributed by atoms with van der Waals surface area (Å²) in [6.45, 7) is 3.81. The number of rotatable bonds is 7. The Balaban J connectivity index is 1.63. The number of carbonyl (C=O) groups is 2. The number of halogens is 3. The van der Waals surface area contributed by atoms with Crippen LogP contribution in [0.15, 0.2) is 59.8 Å². The van der Waals surface area contributed by atoms with E-state index in [0.29, 0.717) is 29.3 Å². The van der Waals surface area contributed by atoms with Crippen LogP contribution in [0.4, 0.5) is 23.7 Å². The first kappa shape index (κ1) is 25.0. The zero-order valence-electron chi connectivity index (χ0n) is 18.3. The number of carbonyl (C=O) groups excluding carboxylic acids is 2. The van der Waals surface area contributed by atoms with Crippen LogP contribution in [-0.2, 0) is 17.4 Å². The van der Waals surface area contributed by atoms with Crippen molar-refractivity contribution in [3.63, 3.8) is 0 Å². The van der Waals surface area contributed by atoms with Gasteiger partial charge in [0, 0.05) is 11.8 Å². The summed E-state index contributed by atoms with van der Waals surface area (Å²) in [5.74, 6) is -1.11. The maximum atomic E-state index is 13.3. The van der Waals surface area contributed by atoms with E-state index in [9.17, 15) is 22.8 Å². The molecule has 178 valence electrons. The van der Waals surface area contributed by atoms with Crippen molar-refractivity contribution >= 4 is 29.4 Å².